The molecule has 0 atom stereocenters. The Labute approximate surface area is 157 Å². The number of benzene rings is 2. The highest BCUT2D eigenvalue weighted by Gasteiger charge is 2.31. The maximum Gasteiger partial charge on any atom is 0.416 e. The molecule has 0 spiro atoms. The first-order chi connectivity index (χ1) is 13.3. The fourth-order valence-corrected chi connectivity index (χ4v) is 2.44. The fourth-order valence-electron chi connectivity index (χ4n) is 2.44. The van der Waals surface area contributed by atoms with Gasteiger partial charge < -0.3 is 9.47 Å². The number of rotatable bonds is 5. The molecule has 3 rings (SSSR count). The maximum atomic E-state index is 12.8. The molecular formula is C18H15F3N4O3. The van der Waals surface area contributed by atoms with Crippen LogP contribution in [-0.4, -0.2) is 35.3 Å². The molecule has 1 amide bonds. The van der Waals surface area contributed by atoms with Crippen molar-refractivity contribution in [1.29, 1.82) is 0 Å². The van der Waals surface area contributed by atoms with Crippen LogP contribution in [0.2, 0.25) is 0 Å². The van der Waals surface area contributed by atoms with Crippen molar-refractivity contribution in [3.8, 4) is 22.9 Å². The molecule has 0 fully saturated rings. The lowest BCUT2D eigenvalue weighted by molar-refractivity contribution is -0.137. The number of aromatic nitrogens is 3. The lowest BCUT2D eigenvalue weighted by atomic mass is 10.1. The highest BCUT2D eigenvalue weighted by molar-refractivity contribution is 6.03. The van der Waals surface area contributed by atoms with Gasteiger partial charge in [-0.05, 0) is 30.3 Å². The highest BCUT2D eigenvalue weighted by atomic mass is 19.4. The first-order valence-corrected chi connectivity index (χ1v) is 7.95. The third-order valence-corrected chi connectivity index (χ3v) is 3.83. The van der Waals surface area contributed by atoms with Gasteiger partial charge in [-0.1, -0.05) is 6.07 Å². The summed E-state index contributed by atoms with van der Waals surface area (Å²) in [5.41, 5.74) is -0.516. The van der Waals surface area contributed by atoms with Crippen molar-refractivity contribution >= 4 is 11.9 Å². The zero-order valence-corrected chi connectivity index (χ0v) is 14.8. The Morgan fingerprint density at radius 3 is 2.57 bits per heavy atom. The largest absolute Gasteiger partial charge is 0.497 e. The Bertz CT molecular complexity index is 1000. The normalized spacial score (nSPS) is 11.2. The number of carbonyl (C=O) groups excluding carboxylic acids is 1. The van der Waals surface area contributed by atoms with Crippen molar-refractivity contribution in [2.24, 2.45) is 0 Å². The Morgan fingerprint density at radius 2 is 1.89 bits per heavy atom. The second-order valence-electron chi connectivity index (χ2n) is 5.61. The second-order valence-corrected chi connectivity index (χ2v) is 5.61. The summed E-state index contributed by atoms with van der Waals surface area (Å²) >= 11 is 0. The molecule has 7 nitrogen and oxygen atoms in total. The van der Waals surface area contributed by atoms with Crippen molar-refractivity contribution in [2.75, 3.05) is 19.5 Å². The van der Waals surface area contributed by atoms with Gasteiger partial charge in [0.2, 0.25) is 5.95 Å². The average molecular weight is 392 g/mol. The monoisotopic (exact) mass is 392 g/mol. The predicted octanol–water partition coefficient (Wildman–Crippen LogP) is 3.76. The number of hydrogen-bond acceptors (Lipinski definition) is 5. The van der Waals surface area contributed by atoms with Gasteiger partial charge in [-0.15, -0.1) is 5.10 Å². The van der Waals surface area contributed by atoms with Crippen molar-refractivity contribution in [3.05, 3.63) is 53.6 Å². The summed E-state index contributed by atoms with van der Waals surface area (Å²) in [6, 6.07) is 9.11. The molecule has 0 saturated carbocycles. The van der Waals surface area contributed by atoms with Crippen LogP contribution >= 0.6 is 0 Å². The summed E-state index contributed by atoms with van der Waals surface area (Å²) in [6.45, 7) is 0. The molecule has 28 heavy (non-hydrogen) atoms. The molecule has 2 aromatic carbocycles. The number of H-pyrrole nitrogens is 1. The standard InChI is InChI=1S/C18H15F3N4O3/c1-27-12-6-7-13(14(9-12)28-2)15-22-17(25-24-15)23-16(26)10-4-3-5-11(8-10)18(19,20)21/h3-9H,1-2H3,(H2,22,23,24,25,26). The maximum absolute atomic E-state index is 12.8. The number of carbonyl (C=O) groups is 1. The van der Waals surface area contributed by atoms with Gasteiger partial charge >= 0.3 is 6.18 Å². The molecule has 0 aliphatic rings. The van der Waals surface area contributed by atoms with Crippen LogP contribution in [0.3, 0.4) is 0 Å². The number of nitrogens with one attached hydrogen (secondary N) is 2. The minimum Gasteiger partial charge on any atom is -0.497 e. The predicted molar refractivity (Wildman–Crippen MR) is 94.3 cm³/mol. The van der Waals surface area contributed by atoms with Gasteiger partial charge in [0.1, 0.15) is 11.5 Å². The van der Waals surface area contributed by atoms with Crippen LogP contribution in [0.4, 0.5) is 19.1 Å². The molecule has 1 aromatic heterocycles. The Morgan fingerprint density at radius 1 is 1.11 bits per heavy atom. The zero-order chi connectivity index (χ0) is 20.3. The van der Waals surface area contributed by atoms with E-state index in [1.165, 1.54) is 20.3 Å². The first kappa shape index (κ1) is 19.2. The minimum absolute atomic E-state index is 0.0877. The average Bonchev–Trinajstić information content (AvgIpc) is 3.15. The molecule has 3 aromatic rings. The molecule has 1 heterocycles. The number of amides is 1. The summed E-state index contributed by atoms with van der Waals surface area (Å²) < 4.78 is 48.8. The van der Waals surface area contributed by atoms with E-state index in [2.05, 4.69) is 20.5 Å². The third kappa shape index (κ3) is 4.05. The lowest BCUT2D eigenvalue weighted by Gasteiger charge is -2.08. The van der Waals surface area contributed by atoms with Crippen LogP contribution in [0.25, 0.3) is 11.4 Å². The Hall–Kier alpha value is -3.56. The molecule has 0 aliphatic carbocycles. The van der Waals surface area contributed by atoms with E-state index in [4.69, 9.17) is 9.47 Å². The molecule has 146 valence electrons. The summed E-state index contributed by atoms with van der Waals surface area (Å²) in [5, 5.41) is 8.88. The van der Waals surface area contributed by atoms with Crippen molar-refractivity contribution < 1.29 is 27.4 Å². The third-order valence-electron chi connectivity index (χ3n) is 3.83. The molecule has 0 radical (unpaired) electrons. The van der Waals surface area contributed by atoms with Gasteiger partial charge in [-0.2, -0.15) is 18.2 Å². The van der Waals surface area contributed by atoms with Crippen molar-refractivity contribution in [3.63, 3.8) is 0 Å². The molecule has 2 N–H and O–H groups in total. The smallest absolute Gasteiger partial charge is 0.416 e. The quantitative estimate of drug-likeness (QED) is 0.690. The number of ether oxygens (including phenoxy) is 2. The minimum atomic E-state index is -4.54. The van der Waals surface area contributed by atoms with Crippen LogP contribution in [-0.2, 0) is 6.18 Å². The first-order valence-electron chi connectivity index (χ1n) is 7.95. The topological polar surface area (TPSA) is 89.1 Å². The summed E-state index contributed by atoms with van der Waals surface area (Å²) in [5.74, 6) is 0.497. The van der Waals surface area contributed by atoms with Crippen molar-refractivity contribution in [1.82, 2.24) is 15.2 Å². The van der Waals surface area contributed by atoms with E-state index < -0.39 is 17.6 Å². The summed E-state index contributed by atoms with van der Waals surface area (Å²) in [7, 11) is 3.00. The van der Waals surface area contributed by atoms with E-state index in [1.54, 1.807) is 18.2 Å². The van der Waals surface area contributed by atoms with Crippen LogP contribution in [0.5, 0.6) is 11.5 Å². The Kier molecular flexibility index (Phi) is 5.21. The number of methoxy groups -OCH3 is 2. The molecular weight excluding hydrogens is 377 g/mol. The fraction of sp³-hybridized carbons (Fsp3) is 0.167. The molecule has 0 aliphatic heterocycles. The van der Waals surface area contributed by atoms with Gasteiger partial charge in [0, 0.05) is 11.6 Å². The van der Waals surface area contributed by atoms with Crippen LogP contribution in [0.1, 0.15) is 15.9 Å². The molecule has 0 unspecified atom stereocenters. The number of alkyl halides is 3. The van der Waals surface area contributed by atoms with E-state index in [9.17, 15) is 18.0 Å². The molecule has 10 heteroatoms. The van der Waals surface area contributed by atoms with Crippen LogP contribution in [0.15, 0.2) is 42.5 Å². The SMILES string of the molecule is COc1ccc(-c2nc(NC(=O)c3cccc(C(F)(F)F)c3)n[nH]2)c(OC)c1. The highest BCUT2D eigenvalue weighted by Crippen LogP contribution is 2.32. The van der Waals surface area contributed by atoms with Crippen LogP contribution < -0.4 is 14.8 Å². The van der Waals surface area contributed by atoms with Gasteiger partial charge in [0.05, 0.1) is 25.3 Å². The second kappa shape index (κ2) is 7.59. The molecule has 0 saturated heterocycles. The van der Waals surface area contributed by atoms with E-state index in [1.807, 2.05) is 0 Å². The van der Waals surface area contributed by atoms with E-state index >= 15 is 0 Å². The van der Waals surface area contributed by atoms with Gasteiger partial charge in [0.25, 0.3) is 5.91 Å². The van der Waals surface area contributed by atoms with E-state index in [-0.39, 0.29) is 11.5 Å². The lowest BCUT2D eigenvalue weighted by Crippen LogP contribution is -2.14. The van der Waals surface area contributed by atoms with E-state index in [0.29, 0.717) is 22.9 Å². The van der Waals surface area contributed by atoms with E-state index in [0.717, 1.165) is 18.2 Å². The number of aromatic amines is 1. The number of anilines is 1. The summed E-state index contributed by atoms with van der Waals surface area (Å²) in [4.78, 5) is 16.4. The van der Waals surface area contributed by atoms with Gasteiger partial charge in [-0.3, -0.25) is 15.2 Å². The molecule has 0 bridgehead atoms. The number of hydrogen-bond donors (Lipinski definition) is 2. The van der Waals surface area contributed by atoms with Crippen LogP contribution in [0, 0.1) is 0 Å². The van der Waals surface area contributed by atoms with Crippen molar-refractivity contribution in [2.45, 2.75) is 6.18 Å². The Balaban J connectivity index is 1.81. The number of halogens is 3. The summed E-state index contributed by atoms with van der Waals surface area (Å²) in [6.07, 6.45) is -4.54. The van der Waals surface area contributed by atoms with Gasteiger partial charge in [0.15, 0.2) is 5.82 Å². The zero-order valence-electron chi connectivity index (χ0n) is 14.8. The number of nitrogens with zero attached hydrogens (tertiary/aromatic N) is 2. The van der Waals surface area contributed by atoms with Gasteiger partial charge in [-0.25, -0.2) is 0 Å².